The van der Waals surface area contributed by atoms with E-state index in [-0.39, 0.29) is 36.9 Å². The monoisotopic (exact) mass is 728 g/mol. The van der Waals surface area contributed by atoms with Crippen LogP contribution in [-0.4, -0.2) is 82.9 Å². The van der Waals surface area contributed by atoms with E-state index in [4.69, 9.17) is 24.2 Å². The first-order valence-electron chi connectivity index (χ1n) is 18.3. The van der Waals surface area contributed by atoms with E-state index in [2.05, 4.69) is 60.3 Å². The van der Waals surface area contributed by atoms with E-state index >= 15 is 0 Å². The molecule has 6 heterocycles. The van der Waals surface area contributed by atoms with Crippen LogP contribution in [0.15, 0.2) is 41.9 Å². The lowest BCUT2D eigenvalue weighted by molar-refractivity contribution is -0.155. The van der Waals surface area contributed by atoms with Gasteiger partial charge in [0.2, 0.25) is 5.91 Å². The zero-order valence-corrected chi connectivity index (χ0v) is 31.4. The van der Waals surface area contributed by atoms with E-state index < -0.39 is 23.5 Å². The Balaban J connectivity index is 1.35. The Morgan fingerprint density at radius 1 is 1.23 bits per heavy atom. The Morgan fingerprint density at radius 3 is 2.85 bits per heavy atom. The molecule has 6 bridgehead atoms. The highest BCUT2D eigenvalue weighted by Crippen LogP contribution is 2.42. The van der Waals surface area contributed by atoms with Crippen LogP contribution < -0.4 is 10.7 Å². The Morgan fingerprint density at radius 2 is 2.08 bits per heavy atom. The van der Waals surface area contributed by atoms with Crippen molar-refractivity contribution in [2.45, 2.75) is 84.5 Å². The van der Waals surface area contributed by atoms with Gasteiger partial charge in [0.1, 0.15) is 12.1 Å². The van der Waals surface area contributed by atoms with Crippen LogP contribution in [0, 0.1) is 11.3 Å². The van der Waals surface area contributed by atoms with Gasteiger partial charge < -0.3 is 24.1 Å². The summed E-state index contributed by atoms with van der Waals surface area (Å²) >= 11 is 1.47. The van der Waals surface area contributed by atoms with Crippen molar-refractivity contribution in [1.82, 2.24) is 30.3 Å². The number of nitrogens with one attached hydrogen (secondary N) is 2. The summed E-state index contributed by atoms with van der Waals surface area (Å²) in [5.74, 6) is -1.23. The Hall–Kier alpha value is -4.17. The molecule has 0 spiro atoms. The summed E-state index contributed by atoms with van der Waals surface area (Å²) in [5.41, 5.74) is 9.61. The number of nitrogens with zero attached hydrogens (tertiary/aromatic N) is 4. The molecule has 2 N–H and O–H groups in total. The fraction of sp³-hybridized carbons (Fsp3) is 0.513. The van der Waals surface area contributed by atoms with E-state index in [1.807, 2.05) is 18.4 Å². The second-order valence-corrected chi connectivity index (χ2v) is 15.8. The second kappa shape index (κ2) is 15.1. The van der Waals surface area contributed by atoms with Gasteiger partial charge in [-0.25, -0.2) is 10.4 Å². The van der Waals surface area contributed by atoms with Gasteiger partial charge in [-0.1, -0.05) is 19.9 Å². The molecule has 13 heteroatoms. The minimum absolute atomic E-state index is 0.182. The van der Waals surface area contributed by atoms with E-state index in [9.17, 15) is 14.4 Å². The highest BCUT2D eigenvalue weighted by molar-refractivity contribution is 7.10. The average molecular weight is 729 g/mol. The summed E-state index contributed by atoms with van der Waals surface area (Å²) in [4.78, 5) is 50.8. The lowest BCUT2D eigenvalue weighted by atomic mass is 9.84. The number of hydrogen-bond donors (Lipinski definition) is 2. The molecule has 0 radical (unpaired) electrons. The molecule has 3 aromatic heterocycles. The SMILES string of the molecule is CCn1c(-c2cccnc2[C@H](C)OC)c2c3cc(ccc31)-c1csc(n1)C[C@H](NC(=O)[C@H]1CCOC1)C(=O)N1CCC[C@H](N1)C(=O)OCC(C)(C)C2. The van der Waals surface area contributed by atoms with E-state index in [1.165, 1.54) is 16.3 Å². The highest BCUT2D eigenvalue weighted by Gasteiger charge is 2.36. The van der Waals surface area contributed by atoms with Gasteiger partial charge in [-0.05, 0) is 69.4 Å². The standard InChI is InChI=1S/C39H48N6O6S/c1-6-44-32-12-11-24-17-27(32)28(35(44)26-9-7-14-40-34(26)23(2)49-5)19-39(3,4)22-51-38(48)29-10-8-15-45(43-29)37(47)30(18-33-41-31(24)21-52-33)42-36(46)25-13-16-50-20-25/h7,9,11-12,14,17,21,23,25,29-30,43H,6,8,10,13,15-16,18-20,22H2,1-5H3,(H,42,46)/t23-,25-,29-,30-/m0/s1. The van der Waals surface area contributed by atoms with Gasteiger partial charge >= 0.3 is 5.97 Å². The minimum atomic E-state index is -0.870. The van der Waals surface area contributed by atoms with Gasteiger partial charge in [0.15, 0.2) is 0 Å². The molecule has 0 unspecified atom stereocenters. The predicted octanol–water partition coefficient (Wildman–Crippen LogP) is 5.24. The molecule has 2 fully saturated rings. The third kappa shape index (κ3) is 7.23. The maximum atomic E-state index is 14.1. The van der Waals surface area contributed by atoms with Crippen LogP contribution in [0.1, 0.15) is 69.3 Å². The molecule has 0 saturated carbocycles. The Kier molecular flexibility index (Phi) is 10.5. The summed E-state index contributed by atoms with van der Waals surface area (Å²) in [7, 11) is 1.70. The van der Waals surface area contributed by atoms with Crippen molar-refractivity contribution in [2.75, 3.05) is 33.5 Å². The molecule has 0 aliphatic carbocycles. The molecule has 2 amide bonds. The van der Waals surface area contributed by atoms with Crippen molar-refractivity contribution >= 4 is 40.0 Å². The fourth-order valence-corrected chi connectivity index (χ4v) is 8.45. The maximum Gasteiger partial charge on any atom is 0.324 e. The van der Waals surface area contributed by atoms with Crippen LogP contribution in [-0.2, 0) is 48.0 Å². The number of methoxy groups -OCH3 is 1. The first-order valence-corrected chi connectivity index (χ1v) is 19.1. The lowest BCUT2D eigenvalue weighted by Crippen LogP contribution is -2.60. The highest BCUT2D eigenvalue weighted by atomic mass is 32.1. The van der Waals surface area contributed by atoms with Crippen LogP contribution in [0.25, 0.3) is 33.4 Å². The molecule has 4 aromatic rings. The summed E-state index contributed by atoms with van der Waals surface area (Å²) in [6.45, 7) is 10.6. The summed E-state index contributed by atoms with van der Waals surface area (Å²) in [6.07, 6.45) is 4.18. The molecule has 3 aliphatic rings. The topological polar surface area (TPSA) is 137 Å². The molecule has 4 atom stereocenters. The third-order valence-electron chi connectivity index (χ3n) is 10.5. The Bertz CT molecular complexity index is 1970. The largest absolute Gasteiger partial charge is 0.464 e. The first-order chi connectivity index (χ1) is 25.1. The van der Waals surface area contributed by atoms with Gasteiger partial charge in [0.05, 0.1) is 47.3 Å². The van der Waals surface area contributed by atoms with Crippen LogP contribution in [0.3, 0.4) is 0 Å². The smallest absolute Gasteiger partial charge is 0.324 e. The molecule has 7 rings (SSSR count). The van der Waals surface area contributed by atoms with E-state index in [0.717, 1.165) is 56.2 Å². The Labute approximate surface area is 308 Å². The number of hydrazine groups is 1. The van der Waals surface area contributed by atoms with Crippen molar-refractivity contribution in [2.24, 2.45) is 11.3 Å². The van der Waals surface area contributed by atoms with E-state index in [1.54, 1.807) is 13.3 Å². The van der Waals surface area contributed by atoms with Gasteiger partial charge in [-0.3, -0.25) is 24.4 Å². The number of aromatic nitrogens is 3. The number of carbonyl (C=O) groups excluding carboxylic acids is 3. The normalized spacial score (nSPS) is 22.9. The molecule has 1 aromatic carbocycles. The molecule has 276 valence electrons. The van der Waals surface area contributed by atoms with Gasteiger partial charge in [0.25, 0.3) is 5.91 Å². The van der Waals surface area contributed by atoms with Crippen molar-refractivity contribution < 1.29 is 28.6 Å². The number of carbonyl (C=O) groups is 3. The van der Waals surface area contributed by atoms with Gasteiger partial charge in [0, 0.05) is 72.2 Å². The maximum absolute atomic E-state index is 14.1. The number of aryl methyl sites for hydroxylation is 1. The summed E-state index contributed by atoms with van der Waals surface area (Å²) in [5, 5.41) is 8.31. The number of hydrogen-bond acceptors (Lipinski definition) is 10. The number of amides is 2. The zero-order valence-electron chi connectivity index (χ0n) is 30.6. The van der Waals surface area contributed by atoms with Crippen molar-refractivity contribution in [3.63, 3.8) is 0 Å². The number of fused-ring (bicyclic) bond motifs is 6. The average Bonchev–Trinajstić information content (AvgIpc) is 3.93. The second-order valence-electron chi connectivity index (χ2n) is 14.8. The number of benzene rings is 1. The van der Waals surface area contributed by atoms with Gasteiger partial charge in [-0.15, -0.1) is 11.3 Å². The number of rotatable bonds is 6. The molecule has 3 aliphatic heterocycles. The quantitative estimate of drug-likeness (QED) is 0.256. The first kappa shape index (κ1) is 36.2. The van der Waals surface area contributed by atoms with Crippen LogP contribution in [0.4, 0.5) is 0 Å². The number of cyclic esters (lactones) is 1. The molecular formula is C39H48N6O6S. The van der Waals surface area contributed by atoms with Crippen molar-refractivity contribution in [1.29, 1.82) is 0 Å². The molecular weight excluding hydrogens is 681 g/mol. The van der Waals surface area contributed by atoms with Crippen LogP contribution >= 0.6 is 11.3 Å². The van der Waals surface area contributed by atoms with Crippen LogP contribution in [0.5, 0.6) is 0 Å². The summed E-state index contributed by atoms with van der Waals surface area (Å²) < 4.78 is 19.6. The number of esters is 1. The fourth-order valence-electron chi connectivity index (χ4n) is 7.59. The lowest BCUT2D eigenvalue weighted by Gasteiger charge is -2.35. The van der Waals surface area contributed by atoms with E-state index in [0.29, 0.717) is 45.4 Å². The predicted molar refractivity (Wildman–Crippen MR) is 198 cm³/mol. The molecule has 12 nitrogen and oxygen atoms in total. The van der Waals surface area contributed by atoms with Crippen molar-refractivity contribution in [3.8, 4) is 22.5 Å². The molecule has 2 saturated heterocycles. The van der Waals surface area contributed by atoms with Crippen molar-refractivity contribution in [3.05, 3.63) is 58.2 Å². The van der Waals surface area contributed by atoms with Crippen LogP contribution in [0.2, 0.25) is 0 Å². The zero-order chi connectivity index (χ0) is 36.6. The number of ether oxygens (including phenoxy) is 3. The summed E-state index contributed by atoms with van der Waals surface area (Å²) in [6, 6.07) is 8.96. The van der Waals surface area contributed by atoms with Gasteiger partial charge in [-0.2, -0.15) is 0 Å². The number of pyridine rings is 1. The minimum Gasteiger partial charge on any atom is -0.464 e. The molecule has 52 heavy (non-hydrogen) atoms. The number of thiazole rings is 1. The third-order valence-corrected chi connectivity index (χ3v) is 11.3.